The fourth-order valence-corrected chi connectivity index (χ4v) is 1.22. The van der Waals surface area contributed by atoms with Gasteiger partial charge in [-0.1, -0.05) is 0 Å². The Bertz CT molecular complexity index is 462. The first-order chi connectivity index (χ1) is 7.84. The van der Waals surface area contributed by atoms with Crippen LogP contribution >= 0.6 is 0 Å². The molecule has 0 aliphatic heterocycles. The SMILES string of the molecule is C[C@@H](C(=O)O)N(C)C(=O)c1ccc(F)c(N)c1. The molecule has 1 rings (SSSR count). The summed E-state index contributed by atoms with van der Waals surface area (Å²) in [7, 11) is 1.36. The minimum Gasteiger partial charge on any atom is -0.480 e. The number of carbonyl (C=O) groups excluding carboxylic acids is 1. The van der Waals surface area contributed by atoms with Gasteiger partial charge in [0.2, 0.25) is 0 Å². The summed E-state index contributed by atoms with van der Waals surface area (Å²) in [6.07, 6.45) is 0. The molecule has 3 N–H and O–H groups in total. The molecule has 5 nitrogen and oxygen atoms in total. The van der Waals surface area contributed by atoms with Crippen molar-refractivity contribution in [3.8, 4) is 0 Å². The van der Waals surface area contributed by atoms with Gasteiger partial charge in [0, 0.05) is 12.6 Å². The summed E-state index contributed by atoms with van der Waals surface area (Å²) in [5.74, 6) is -2.25. The van der Waals surface area contributed by atoms with Crippen molar-refractivity contribution in [1.29, 1.82) is 0 Å². The molecule has 0 unspecified atom stereocenters. The third-order valence-electron chi connectivity index (χ3n) is 2.50. The van der Waals surface area contributed by atoms with Crippen molar-refractivity contribution >= 4 is 17.6 Å². The van der Waals surface area contributed by atoms with Gasteiger partial charge < -0.3 is 15.7 Å². The Morgan fingerprint density at radius 1 is 1.47 bits per heavy atom. The number of nitrogens with zero attached hydrogens (tertiary/aromatic N) is 1. The molecule has 0 heterocycles. The number of carboxylic acids is 1. The van der Waals surface area contributed by atoms with E-state index in [-0.39, 0.29) is 11.3 Å². The zero-order valence-corrected chi connectivity index (χ0v) is 9.48. The van der Waals surface area contributed by atoms with Crippen LogP contribution in [0.4, 0.5) is 10.1 Å². The van der Waals surface area contributed by atoms with E-state index < -0.39 is 23.7 Å². The number of nitrogen functional groups attached to an aromatic ring is 1. The Labute approximate surface area is 97.6 Å². The highest BCUT2D eigenvalue weighted by Crippen LogP contribution is 2.14. The van der Waals surface area contributed by atoms with E-state index in [0.29, 0.717) is 0 Å². The van der Waals surface area contributed by atoms with E-state index in [0.717, 1.165) is 11.0 Å². The fraction of sp³-hybridized carbons (Fsp3) is 0.273. The second kappa shape index (κ2) is 4.82. The molecule has 0 saturated carbocycles. The lowest BCUT2D eigenvalue weighted by Crippen LogP contribution is -2.40. The molecular weight excluding hydrogens is 227 g/mol. The van der Waals surface area contributed by atoms with Gasteiger partial charge in [0.25, 0.3) is 5.91 Å². The zero-order chi connectivity index (χ0) is 13.2. The third kappa shape index (κ3) is 2.72. The number of hydrogen-bond acceptors (Lipinski definition) is 3. The first kappa shape index (κ1) is 13.0. The summed E-state index contributed by atoms with van der Waals surface area (Å²) in [4.78, 5) is 23.6. The summed E-state index contributed by atoms with van der Waals surface area (Å²) < 4.78 is 12.9. The number of carboxylic acid groups (broad SMARTS) is 1. The predicted octanol–water partition coefficient (Wildman–Crippen LogP) is 0.953. The van der Waals surface area contributed by atoms with Crippen LogP contribution in [-0.4, -0.2) is 35.0 Å². The highest BCUT2D eigenvalue weighted by molar-refractivity contribution is 5.97. The van der Waals surface area contributed by atoms with Crippen LogP contribution in [0.25, 0.3) is 0 Å². The second-order valence-electron chi connectivity index (χ2n) is 3.67. The molecule has 17 heavy (non-hydrogen) atoms. The Kier molecular flexibility index (Phi) is 3.67. The maximum Gasteiger partial charge on any atom is 0.326 e. The van der Waals surface area contributed by atoms with Crippen molar-refractivity contribution in [2.45, 2.75) is 13.0 Å². The average Bonchev–Trinajstić information content (AvgIpc) is 2.29. The van der Waals surface area contributed by atoms with Crippen LogP contribution < -0.4 is 5.73 Å². The molecule has 1 amide bonds. The van der Waals surface area contributed by atoms with Crippen molar-refractivity contribution in [1.82, 2.24) is 4.90 Å². The summed E-state index contributed by atoms with van der Waals surface area (Å²) in [6.45, 7) is 1.38. The van der Waals surface area contributed by atoms with Crippen molar-refractivity contribution in [3.05, 3.63) is 29.6 Å². The summed E-state index contributed by atoms with van der Waals surface area (Å²) >= 11 is 0. The highest BCUT2D eigenvalue weighted by Gasteiger charge is 2.23. The van der Waals surface area contributed by atoms with Crippen LogP contribution in [-0.2, 0) is 4.79 Å². The summed E-state index contributed by atoms with van der Waals surface area (Å²) in [5, 5.41) is 8.77. The van der Waals surface area contributed by atoms with E-state index in [1.54, 1.807) is 0 Å². The van der Waals surface area contributed by atoms with Gasteiger partial charge in [-0.2, -0.15) is 0 Å². The number of amides is 1. The van der Waals surface area contributed by atoms with Crippen LogP contribution in [0.2, 0.25) is 0 Å². The molecule has 92 valence electrons. The topological polar surface area (TPSA) is 83.6 Å². The van der Waals surface area contributed by atoms with Crippen LogP contribution in [0, 0.1) is 5.82 Å². The van der Waals surface area contributed by atoms with Gasteiger partial charge in [-0.05, 0) is 25.1 Å². The Morgan fingerprint density at radius 2 is 2.06 bits per heavy atom. The Balaban J connectivity index is 2.96. The number of benzene rings is 1. The molecule has 0 bridgehead atoms. The number of carbonyl (C=O) groups is 2. The molecule has 6 heteroatoms. The van der Waals surface area contributed by atoms with Gasteiger partial charge in [0.15, 0.2) is 0 Å². The molecule has 0 radical (unpaired) electrons. The van der Waals surface area contributed by atoms with Crippen LogP contribution in [0.3, 0.4) is 0 Å². The minimum atomic E-state index is -1.11. The molecule has 0 aromatic heterocycles. The lowest BCUT2D eigenvalue weighted by atomic mass is 10.1. The van der Waals surface area contributed by atoms with Gasteiger partial charge in [-0.3, -0.25) is 4.79 Å². The molecule has 1 aromatic rings. The van der Waals surface area contributed by atoms with Crippen LogP contribution in [0.15, 0.2) is 18.2 Å². The zero-order valence-electron chi connectivity index (χ0n) is 9.48. The lowest BCUT2D eigenvalue weighted by Gasteiger charge is -2.21. The van der Waals surface area contributed by atoms with Crippen LogP contribution in [0.5, 0.6) is 0 Å². The van der Waals surface area contributed by atoms with E-state index in [1.165, 1.54) is 26.1 Å². The third-order valence-corrected chi connectivity index (χ3v) is 2.50. The van der Waals surface area contributed by atoms with E-state index in [4.69, 9.17) is 10.8 Å². The first-order valence-corrected chi connectivity index (χ1v) is 4.89. The normalized spacial score (nSPS) is 11.9. The standard InChI is InChI=1S/C11H13FN2O3/c1-6(11(16)17)14(2)10(15)7-3-4-8(12)9(13)5-7/h3-6H,13H2,1-2H3,(H,16,17)/t6-/m0/s1. The monoisotopic (exact) mass is 240 g/mol. The van der Waals surface area contributed by atoms with Gasteiger partial charge in [-0.15, -0.1) is 0 Å². The van der Waals surface area contributed by atoms with Crippen molar-refractivity contribution in [2.24, 2.45) is 0 Å². The Morgan fingerprint density at radius 3 is 2.53 bits per heavy atom. The number of halogens is 1. The van der Waals surface area contributed by atoms with Gasteiger partial charge in [-0.25, -0.2) is 9.18 Å². The maximum absolute atomic E-state index is 12.9. The number of likely N-dealkylation sites (N-methyl/N-ethyl adjacent to an activating group) is 1. The average molecular weight is 240 g/mol. The fourth-order valence-electron chi connectivity index (χ4n) is 1.22. The maximum atomic E-state index is 12.9. The smallest absolute Gasteiger partial charge is 0.326 e. The van der Waals surface area contributed by atoms with E-state index in [2.05, 4.69) is 0 Å². The number of anilines is 1. The van der Waals surface area contributed by atoms with Gasteiger partial charge in [0.1, 0.15) is 11.9 Å². The van der Waals surface area contributed by atoms with E-state index in [1.807, 2.05) is 0 Å². The predicted molar refractivity (Wildman–Crippen MR) is 60.0 cm³/mol. The van der Waals surface area contributed by atoms with E-state index >= 15 is 0 Å². The van der Waals surface area contributed by atoms with Crippen LogP contribution in [0.1, 0.15) is 17.3 Å². The second-order valence-corrected chi connectivity index (χ2v) is 3.67. The quantitative estimate of drug-likeness (QED) is 0.770. The largest absolute Gasteiger partial charge is 0.480 e. The molecular formula is C11H13FN2O3. The molecule has 0 aliphatic carbocycles. The van der Waals surface area contributed by atoms with Crippen molar-refractivity contribution in [3.63, 3.8) is 0 Å². The molecule has 0 aliphatic rings. The highest BCUT2D eigenvalue weighted by atomic mass is 19.1. The number of rotatable bonds is 3. The summed E-state index contributed by atoms with van der Waals surface area (Å²) in [6, 6.07) is 2.55. The molecule has 0 fully saturated rings. The van der Waals surface area contributed by atoms with Crippen molar-refractivity contribution in [2.75, 3.05) is 12.8 Å². The number of nitrogens with two attached hydrogens (primary N) is 1. The number of aliphatic carboxylic acids is 1. The van der Waals surface area contributed by atoms with Crippen molar-refractivity contribution < 1.29 is 19.1 Å². The van der Waals surface area contributed by atoms with Gasteiger partial charge >= 0.3 is 5.97 Å². The van der Waals surface area contributed by atoms with Gasteiger partial charge in [0.05, 0.1) is 5.69 Å². The summed E-state index contributed by atoms with van der Waals surface area (Å²) in [5.41, 5.74) is 5.34. The molecule has 1 aromatic carbocycles. The molecule has 0 spiro atoms. The lowest BCUT2D eigenvalue weighted by molar-refractivity contribution is -0.141. The molecule has 0 saturated heterocycles. The first-order valence-electron chi connectivity index (χ1n) is 4.89. The van der Waals surface area contributed by atoms with E-state index in [9.17, 15) is 14.0 Å². The number of hydrogen-bond donors (Lipinski definition) is 2. The molecule has 1 atom stereocenters. The Hall–Kier alpha value is -2.11. The minimum absolute atomic E-state index is 0.146.